The van der Waals surface area contributed by atoms with Crippen molar-refractivity contribution >= 4 is 29.1 Å². The Morgan fingerprint density at radius 2 is 1.70 bits per heavy atom. The lowest BCUT2D eigenvalue weighted by Gasteiger charge is -2.21. The summed E-state index contributed by atoms with van der Waals surface area (Å²) in [7, 11) is 0. The van der Waals surface area contributed by atoms with Crippen LogP contribution in [0.4, 0.5) is 11.4 Å². The van der Waals surface area contributed by atoms with E-state index in [9.17, 15) is 14.4 Å². The van der Waals surface area contributed by atoms with Crippen molar-refractivity contribution in [3.05, 3.63) is 59.7 Å². The molecule has 0 bridgehead atoms. The van der Waals surface area contributed by atoms with Gasteiger partial charge in [0.05, 0.1) is 0 Å². The van der Waals surface area contributed by atoms with Crippen LogP contribution in [0.3, 0.4) is 0 Å². The molecular formula is C21H25N3O3. The van der Waals surface area contributed by atoms with E-state index in [0.717, 1.165) is 11.1 Å². The second-order valence-corrected chi connectivity index (χ2v) is 6.41. The predicted octanol–water partition coefficient (Wildman–Crippen LogP) is 3.01. The van der Waals surface area contributed by atoms with Gasteiger partial charge < -0.3 is 15.5 Å². The zero-order valence-corrected chi connectivity index (χ0v) is 15.9. The fraction of sp³-hybridized carbons (Fsp3) is 0.286. The van der Waals surface area contributed by atoms with Crippen LogP contribution < -0.4 is 15.5 Å². The number of hydrogen-bond acceptors (Lipinski definition) is 3. The number of hydrogen-bond donors (Lipinski definition) is 2. The largest absolute Gasteiger partial charge is 0.352 e. The molecule has 0 atom stereocenters. The van der Waals surface area contributed by atoms with E-state index in [1.807, 2.05) is 31.2 Å². The Bertz CT molecular complexity index is 816. The molecule has 0 fully saturated rings. The molecule has 0 spiro atoms. The first-order chi connectivity index (χ1) is 12.8. The fourth-order valence-corrected chi connectivity index (χ4v) is 2.72. The molecule has 0 aromatic heterocycles. The molecule has 2 aromatic carbocycles. The molecule has 0 aliphatic heterocycles. The minimum Gasteiger partial charge on any atom is -0.352 e. The van der Waals surface area contributed by atoms with Gasteiger partial charge >= 0.3 is 0 Å². The van der Waals surface area contributed by atoms with Crippen molar-refractivity contribution in [1.29, 1.82) is 0 Å². The molecule has 2 N–H and O–H groups in total. The summed E-state index contributed by atoms with van der Waals surface area (Å²) in [6.07, 6.45) is 0.207. The number of carbonyl (C=O) groups is 3. The maximum atomic E-state index is 12.1. The highest BCUT2D eigenvalue weighted by Crippen LogP contribution is 2.18. The Hall–Kier alpha value is -3.15. The van der Waals surface area contributed by atoms with Gasteiger partial charge in [0.1, 0.15) is 0 Å². The van der Waals surface area contributed by atoms with Crippen molar-refractivity contribution in [2.45, 2.75) is 33.7 Å². The van der Waals surface area contributed by atoms with E-state index in [0.29, 0.717) is 17.9 Å². The highest BCUT2D eigenvalue weighted by Gasteiger charge is 2.13. The van der Waals surface area contributed by atoms with E-state index < -0.39 is 0 Å². The van der Waals surface area contributed by atoms with Gasteiger partial charge in [-0.15, -0.1) is 0 Å². The molecule has 2 aromatic rings. The molecule has 0 saturated carbocycles. The van der Waals surface area contributed by atoms with Crippen molar-refractivity contribution in [1.82, 2.24) is 5.32 Å². The van der Waals surface area contributed by atoms with Crippen LogP contribution in [0, 0.1) is 6.92 Å². The van der Waals surface area contributed by atoms with Crippen molar-refractivity contribution in [3.8, 4) is 0 Å². The number of benzene rings is 2. The third-order valence-corrected chi connectivity index (χ3v) is 4.01. The smallest absolute Gasteiger partial charge is 0.223 e. The molecule has 6 heteroatoms. The zero-order chi connectivity index (χ0) is 19.8. The first-order valence-electron chi connectivity index (χ1n) is 8.83. The molecule has 6 nitrogen and oxygen atoms in total. The summed E-state index contributed by atoms with van der Waals surface area (Å²) in [6, 6.07) is 14.9. The van der Waals surface area contributed by atoms with E-state index in [1.165, 1.54) is 13.8 Å². The summed E-state index contributed by atoms with van der Waals surface area (Å²) < 4.78 is 0. The Morgan fingerprint density at radius 1 is 1.00 bits per heavy atom. The van der Waals surface area contributed by atoms with Crippen LogP contribution in [0.1, 0.15) is 31.4 Å². The molecule has 3 amide bonds. The van der Waals surface area contributed by atoms with Crippen molar-refractivity contribution in [2.24, 2.45) is 0 Å². The average Bonchev–Trinajstić information content (AvgIpc) is 2.61. The molecule has 142 valence electrons. The van der Waals surface area contributed by atoms with Crippen molar-refractivity contribution < 1.29 is 14.4 Å². The van der Waals surface area contributed by atoms with E-state index in [4.69, 9.17) is 0 Å². The third kappa shape index (κ3) is 6.58. The number of anilines is 2. The number of carbonyl (C=O) groups excluding carboxylic acids is 3. The van der Waals surface area contributed by atoms with Crippen LogP contribution in [-0.4, -0.2) is 24.3 Å². The topological polar surface area (TPSA) is 78.5 Å². The van der Waals surface area contributed by atoms with Gasteiger partial charge in [-0.2, -0.15) is 0 Å². The first kappa shape index (κ1) is 20.2. The van der Waals surface area contributed by atoms with E-state index in [-0.39, 0.29) is 30.7 Å². The summed E-state index contributed by atoms with van der Waals surface area (Å²) in [5.41, 5.74) is 3.53. The van der Waals surface area contributed by atoms with Gasteiger partial charge in [0.15, 0.2) is 0 Å². The highest BCUT2D eigenvalue weighted by molar-refractivity contribution is 5.93. The lowest BCUT2D eigenvalue weighted by Crippen LogP contribution is -2.33. The second kappa shape index (κ2) is 9.52. The van der Waals surface area contributed by atoms with Crippen LogP contribution in [0.2, 0.25) is 0 Å². The molecule has 2 rings (SSSR count). The number of rotatable bonds is 7. The Kier molecular flexibility index (Phi) is 7.11. The Balaban J connectivity index is 1.91. The SMILES string of the molecule is CC(=O)Nc1ccc(N(CCC(=O)NCc2cccc(C)c2)C(C)=O)cc1. The summed E-state index contributed by atoms with van der Waals surface area (Å²) in [4.78, 5) is 36.7. The molecule has 0 saturated heterocycles. The van der Waals surface area contributed by atoms with Crippen LogP contribution >= 0.6 is 0 Å². The highest BCUT2D eigenvalue weighted by atomic mass is 16.2. The number of aryl methyl sites for hydroxylation is 1. The van der Waals surface area contributed by atoms with Crippen LogP contribution in [0.15, 0.2) is 48.5 Å². The summed E-state index contributed by atoms with van der Waals surface area (Å²) in [5.74, 6) is -0.414. The van der Waals surface area contributed by atoms with Gasteiger partial charge in [-0.3, -0.25) is 14.4 Å². The maximum absolute atomic E-state index is 12.1. The van der Waals surface area contributed by atoms with E-state index >= 15 is 0 Å². The monoisotopic (exact) mass is 367 g/mol. The molecule has 0 aliphatic rings. The lowest BCUT2D eigenvalue weighted by molar-refractivity contribution is -0.121. The molecular weight excluding hydrogens is 342 g/mol. The minimum atomic E-state index is -0.156. The Morgan fingerprint density at radius 3 is 2.30 bits per heavy atom. The summed E-state index contributed by atoms with van der Waals surface area (Å²) in [6.45, 7) is 5.66. The number of nitrogens with one attached hydrogen (secondary N) is 2. The second-order valence-electron chi connectivity index (χ2n) is 6.41. The number of amides is 3. The van der Waals surface area contributed by atoms with Crippen LogP contribution in [0.25, 0.3) is 0 Å². The summed E-state index contributed by atoms with van der Waals surface area (Å²) >= 11 is 0. The first-order valence-corrected chi connectivity index (χ1v) is 8.83. The Labute approximate surface area is 159 Å². The lowest BCUT2D eigenvalue weighted by atomic mass is 10.1. The molecule has 0 aliphatic carbocycles. The number of nitrogens with zero attached hydrogens (tertiary/aromatic N) is 1. The average molecular weight is 367 g/mol. The van der Waals surface area contributed by atoms with Gasteiger partial charge in [0, 0.05) is 44.7 Å². The normalized spacial score (nSPS) is 10.2. The molecule has 27 heavy (non-hydrogen) atoms. The summed E-state index contributed by atoms with van der Waals surface area (Å²) in [5, 5.41) is 5.56. The maximum Gasteiger partial charge on any atom is 0.223 e. The predicted molar refractivity (Wildman–Crippen MR) is 106 cm³/mol. The fourth-order valence-electron chi connectivity index (χ4n) is 2.72. The standard InChI is InChI=1S/C21H25N3O3/c1-15-5-4-6-18(13-15)14-22-21(27)11-12-24(17(3)26)20-9-7-19(8-10-20)23-16(2)25/h4-10,13H,11-12,14H2,1-3H3,(H,22,27)(H,23,25). The molecule has 0 radical (unpaired) electrons. The van der Waals surface area contributed by atoms with Gasteiger partial charge in [0.25, 0.3) is 0 Å². The van der Waals surface area contributed by atoms with Gasteiger partial charge in [-0.05, 0) is 36.8 Å². The molecule has 0 heterocycles. The van der Waals surface area contributed by atoms with E-state index in [2.05, 4.69) is 10.6 Å². The van der Waals surface area contributed by atoms with Gasteiger partial charge in [0.2, 0.25) is 17.7 Å². The molecule has 0 unspecified atom stereocenters. The van der Waals surface area contributed by atoms with Crippen molar-refractivity contribution in [2.75, 3.05) is 16.8 Å². The third-order valence-electron chi connectivity index (χ3n) is 4.01. The van der Waals surface area contributed by atoms with Gasteiger partial charge in [-0.1, -0.05) is 29.8 Å². The minimum absolute atomic E-state index is 0.113. The van der Waals surface area contributed by atoms with Crippen LogP contribution in [0.5, 0.6) is 0 Å². The van der Waals surface area contributed by atoms with Crippen LogP contribution in [-0.2, 0) is 20.9 Å². The van der Waals surface area contributed by atoms with E-state index in [1.54, 1.807) is 29.2 Å². The van der Waals surface area contributed by atoms with Gasteiger partial charge in [-0.25, -0.2) is 0 Å². The zero-order valence-electron chi connectivity index (χ0n) is 15.9. The van der Waals surface area contributed by atoms with Crippen molar-refractivity contribution in [3.63, 3.8) is 0 Å². The quantitative estimate of drug-likeness (QED) is 0.790.